The second-order valence-electron chi connectivity index (χ2n) is 4.40. The Morgan fingerprint density at radius 2 is 1.89 bits per heavy atom. The summed E-state index contributed by atoms with van der Waals surface area (Å²) in [6, 6.07) is 11.7. The maximum Gasteiger partial charge on any atom is 0.255 e. The number of rotatable bonds is 2. The predicted octanol–water partition coefficient (Wildman–Crippen LogP) is 4.92. The van der Waals surface area contributed by atoms with Gasteiger partial charge in [-0.05, 0) is 82.2 Å². The maximum absolute atomic E-state index is 12.3. The molecule has 2 nitrogen and oxygen atoms in total. The second-order valence-corrected chi connectivity index (χ2v) is 6.50. The minimum absolute atomic E-state index is 0.0805. The van der Waals surface area contributed by atoms with E-state index in [-0.39, 0.29) is 5.91 Å². The molecule has 1 amide bonds. The number of amides is 1. The van der Waals surface area contributed by atoms with Gasteiger partial charge in [0.2, 0.25) is 0 Å². The van der Waals surface area contributed by atoms with Crippen molar-refractivity contribution in [3.05, 3.63) is 61.1 Å². The molecular weight excluding hydrogens is 417 g/mol. The zero-order valence-electron chi connectivity index (χ0n) is 10.6. The van der Waals surface area contributed by atoms with Crippen LogP contribution in [0.4, 0.5) is 5.69 Å². The first-order valence-corrected chi connectivity index (χ1v) is 7.68. The number of anilines is 1. The Balaban J connectivity index is 2.28. The molecule has 0 radical (unpaired) electrons. The lowest BCUT2D eigenvalue weighted by Gasteiger charge is -2.10. The van der Waals surface area contributed by atoms with Crippen LogP contribution in [0.25, 0.3) is 0 Å². The van der Waals surface area contributed by atoms with Crippen molar-refractivity contribution in [1.82, 2.24) is 0 Å². The number of nitrogens with one attached hydrogen (secondary N) is 1. The molecule has 0 saturated heterocycles. The van der Waals surface area contributed by atoms with Crippen molar-refractivity contribution in [3.63, 3.8) is 0 Å². The van der Waals surface area contributed by atoms with Crippen molar-refractivity contribution in [3.8, 4) is 0 Å². The summed E-state index contributed by atoms with van der Waals surface area (Å²) in [5.41, 5.74) is 3.55. The Kier molecular flexibility index (Phi) is 4.62. The standard InChI is InChI=1S/C15H13BrINO/c1-9-3-4-10(2)12(7-9)15(19)18-14-6-5-11(17)8-13(14)16/h3-8H,1-2H3,(H,18,19). The molecule has 0 unspecified atom stereocenters. The van der Waals surface area contributed by atoms with Gasteiger partial charge in [-0.25, -0.2) is 0 Å². The lowest BCUT2D eigenvalue weighted by Crippen LogP contribution is -2.14. The van der Waals surface area contributed by atoms with Gasteiger partial charge in [-0.2, -0.15) is 0 Å². The van der Waals surface area contributed by atoms with E-state index in [0.717, 1.165) is 24.9 Å². The molecule has 4 heteroatoms. The topological polar surface area (TPSA) is 29.1 Å². The highest BCUT2D eigenvalue weighted by Gasteiger charge is 2.11. The molecule has 0 heterocycles. The smallest absolute Gasteiger partial charge is 0.255 e. The van der Waals surface area contributed by atoms with E-state index >= 15 is 0 Å². The van der Waals surface area contributed by atoms with E-state index in [1.54, 1.807) is 0 Å². The summed E-state index contributed by atoms with van der Waals surface area (Å²) in [4.78, 5) is 12.3. The van der Waals surface area contributed by atoms with Crippen LogP contribution in [0, 0.1) is 17.4 Å². The van der Waals surface area contributed by atoms with Crippen molar-refractivity contribution in [2.45, 2.75) is 13.8 Å². The van der Waals surface area contributed by atoms with E-state index in [2.05, 4.69) is 43.8 Å². The minimum atomic E-state index is -0.0805. The first kappa shape index (κ1) is 14.5. The van der Waals surface area contributed by atoms with Gasteiger partial charge in [-0.15, -0.1) is 0 Å². The summed E-state index contributed by atoms with van der Waals surface area (Å²) >= 11 is 5.70. The quantitative estimate of drug-likeness (QED) is 0.674. The molecule has 0 atom stereocenters. The molecule has 0 bridgehead atoms. The van der Waals surface area contributed by atoms with E-state index in [1.807, 2.05) is 50.2 Å². The van der Waals surface area contributed by atoms with Crippen LogP contribution in [0.3, 0.4) is 0 Å². The van der Waals surface area contributed by atoms with Gasteiger partial charge in [-0.3, -0.25) is 4.79 Å². The number of aryl methyl sites for hydroxylation is 2. The van der Waals surface area contributed by atoms with E-state index in [9.17, 15) is 4.79 Å². The third kappa shape index (κ3) is 3.57. The first-order valence-electron chi connectivity index (χ1n) is 5.81. The van der Waals surface area contributed by atoms with Gasteiger partial charge < -0.3 is 5.32 Å². The van der Waals surface area contributed by atoms with Crippen molar-refractivity contribution >= 4 is 50.1 Å². The van der Waals surface area contributed by atoms with Gasteiger partial charge in [-0.1, -0.05) is 17.7 Å². The lowest BCUT2D eigenvalue weighted by atomic mass is 10.1. The van der Waals surface area contributed by atoms with Gasteiger partial charge in [0.1, 0.15) is 0 Å². The Bertz CT molecular complexity index is 640. The number of hydrogen-bond acceptors (Lipinski definition) is 1. The molecule has 2 rings (SSSR count). The van der Waals surface area contributed by atoms with Gasteiger partial charge in [0.25, 0.3) is 5.91 Å². The number of hydrogen-bond donors (Lipinski definition) is 1. The molecule has 2 aromatic carbocycles. The van der Waals surface area contributed by atoms with Crippen LogP contribution >= 0.6 is 38.5 Å². The third-order valence-corrected chi connectivity index (χ3v) is 4.14. The van der Waals surface area contributed by atoms with E-state index in [0.29, 0.717) is 5.56 Å². The Morgan fingerprint density at radius 1 is 1.16 bits per heavy atom. The number of benzene rings is 2. The molecule has 0 spiro atoms. The lowest BCUT2D eigenvalue weighted by molar-refractivity contribution is 0.102. The molecule has 19 heavy (non-hydrogen) atoms. The monoisotopic (exact) mass is 429 g/mol. The van der Waals surface area contributed by atoms with Crippen molar-refractivity contribution in [2.75, 3.05) is 5.32 Å². The maximum atomic E-state index is 12.3. The normalized spacial score (nSPS) is 10.3. The summed E-state index contributed by atoms with van der Waals surface area (Å²) in [5.74, 6) is -0.0805. The van der Waals surface area contributed by atoms with Crippen molar-refractivity contribution in [1.29, 1.82) is 0 Å². The predicted molar refractivity (Wildman–Crippen MR) is 90.7 cm³/mol. The number of halogens is 2. The highest BCUT2D eigenvalue weighted by molar-refractivity contribution is 14.1. The Hall–Kier alpha value is -0.880. The van der Waals surface area contributed by atoms with Gasteiger partial charge in [0.15, 0.2) is 0 Å². The zero-order chi connectivity index (χ0) is 14.0. The van der Waals surface area contributed by atoms with E-state index < -0.39 is 0 Å². The van der Waals surface area contributed by atoms with Crippen LogP contribution in [0.2, 0.25) is 0 Å². The molecule has 0 aliphatic carbocycles. The fraction of sp³-hybridized carbons (Fsp3) is 0.133. The fourth-order valence-electron chi connectivity index (χ4n) is 1.76. The number of carbonyl (C=O) groups excluding carboxylic acids is 1. The Labute approximate surface area is 134 Å². The van der Waals surface area contributed by atoms with Crippen LogP contribution in [-0.4, -0.2) is 5.91 Å². The van der Waals surface area contributed by atoms with Crippen LogP contribution < -0.4 is 5.32 Å². The van der Waals surface area contributed by atoms with Crippen molar-refractivity contribution in [2.24, 2.45) is 0 Å². The molecule has 0 fully saturated rings. The minimum Gasteiger partial charge on any atom is -0.321 e. The molecule has 0 saturated carbocycles. The zero-order valence-corrected chi connectivity index (χ0v) is 14.4. The molecular formula is C15H13BrINO. The molecule has 0 aromatic heterocycles. The highest BCUT2D eigenvalue weighted by atomic mass is 127. The van der Waals surface area contributed by atoms with Crippen LogP contribution in [0.1, 0.15) is 21.5 Å². The van der Waals surface area contributed by atoms with Crippen LogP contribution in [-0.2, 0) is 0 Å². The van der Waals surface area contributed by atoms with Gasteiger partial charge >= 0.3 is 0 Å². The first-order chi connectivity index (χ1) is 8.97. The SMILES string of the molecule is Cc1ccc(C)c(C(=O)Nc2ccc(I)cc2Br)c1. The summed E-state index contributed by atoms with van der Waals surface area (Å²) in [6.07, 6.45) is 0. The van der Waals surface area contributed by atoms with E-state index in [1.165, 1.54) is 0 Å². The van der Waals surface area contributed by atoms with Gasteiger partial charge in [0.05, 0.1) is 5.69 Å². The van der Waals surface area contributed by atoms with Gasteiger partial charge in [0, 0.05) is 13.6 Å². The fourth-order valence-corrected chi connectivity index (χ4v) is 3.16. The molecule has 98 valence electrons. The van der Waals surface area contributed by atoms with Crippen LogP contribution in [0.15, 0.2) is 40.9 Å². The largest absolute Gasteiger partial charge is 0.321 e. The average Bonchev–Trinajstić information content (AvgIpc) is 2.35. The number of carbonyl (C=O) groups is 1. The molecule has 0 aliphatic rings. The summed E-state index contributed by atoms with van der Waals surface area (Å²) in [7, 11) is 0. The van der Waals surface area contributed by atoms with Crippen molar-refractivity contribution < 1.29 is 4.79 Å². The third-order valence-electron chi connectivity index (χ3n) is 2.82. The molecule has 0 aliphatic heterocycles. The Morgan fingerprint density at radius 3 is 2.58 bits per heavy atom. The molecule has 1 N–H and O–H groups in total. The van der Waals surface area contributed by atoms with Crippen LogP contribution in [0.5, 0.6) is 0 Å². The summed E-state index contributed by atoms with van der Waals surface area (Å²) in [6.45, 7) is 3.92. The van der Waals surface area contributed by atoms with E-state index in [4.69, 9.17) is 0 Å². The second kappa shape index (κ2) is 6.05. The molecule has 2 aromatic rings. The summed E-state index contributed by atoms with van der Waals surface area (Å²) < 4.78 is 2.01. The highest BCUT2D eigenvalue weighted by Crippen LogP contribution is 2.25. The average molecular weight is 430 g/mol. The summed E-state index contributed by atoms with van der Waals surface area (Å²) in [5, 5.41) is 2.93.